The molecule has 1 amide bonds. The third kappa shape index (κ3) is 8.60. The number of benzene rings is 3. The van der Waals surface area contributed by atoms with E-state index in [4.69, 9.17) is 23.7 Å². The first-order valence-electron chi connectivity index (χ1n) is 15.4. The molecule has 0 unspecified atom stereocenters. The van der Waals surface area contributed by atoms with Crippen LogP contribution in [0.15, 0.2) is 103 Å². The van der Waals surface area contributed by atoms with Gasteiger partial charge in [-0.1, -0.05) is 91.0 Å². The number of aliphatic hydroxyl groups excluding tert-OH is 1. The number of hydrogen-bond acceptors (Lipinski definition) is 9. The van der Waals surface area contributed by atoms with Gasteiger partial charge in [-0.25, -0.2) is 4.79 Å². The monoisotopic (exact) mass is 629 g/mol. The minimum atomic E-state index is -1.35. The first-order chi connectivity index (χ1) is 22.4. The molecule has 2 N–H and O–H groups in total. The number of carbonyl (C=O) groups excluding carboxylic acids is 3. The predicted molar refractivity (Wildman–Crippen MR) is 168 cm³/mol. The van der Waals surface area contributed by atoms with E-state index in [9.17, 15) is 19.5 Å². The largest absolute Gasteiger partial charge is 0.454 e. The van der Waals surface area contributed by atoms with Crippen molar-refractivity contribution in [1.29, 1.82) is 0 Å². The number of esters is 2. The zero-order valence-corrected chi connectivity index (χ0v) is 25.6. The van der Waals surface area contributed by atoms with Crippen molar-refractivity contribution in [2.24, 2.45) is 11.8 Å². The Hall–Kier alpha value is -4.51. The van der Waals surface area contributed by atoms with Gasteiger partial charge in [-0.3, -0.25) is 14.9 Å². The maximum Gasteiger partial charge on any atom is 0.412 e. The van der Waals surface area contributed by atoms with Crippen LogP contribution in [-0.2, 0) is 46.1 Å². The van der Waals surface area contributed by atoms with Crippen LogP contribution in [0.4, 0.5) is 10.5 Å². The molecular formula is C36H39NO9. The van der Waals surface area contributed by atoms with Crippen molar-refractivity contribution in [2.75, 3.05) is 19.0 Å². The summed E-state index contributed by atoms with van der Waals surface area (Å²) in [4.78, 5) is 40.8. The molecular weight excluding hydrogens is 590 g/mol. The Balaban J connectivity index is 1.49. The second-order valence-electron chi connectivity index (χ2n) is 11.3. The molecule has 3 aromatic rings. The fourth-order valence-corrected chi connectivity index (χ4v) is 5.71. The Labute approximate surface area is 268 Å². The molecule has 0 aliphatic carbocycles. The molecule has 3 aromatic carbocycles. The molecule has 0 spiro atoms. The van der Waals surface area contributed by atoms with Gasteiger partial charge in [0.2, 0.25) is 0 Å². The van der Waals surface area contributed by atoms with Crippen LogP contribution in [0, 0.1) is 11.8 Å². The molecule has 0 aromatic heterocycles. The Morgan fingerprint density at radius 3 is 1.78 bits per heavy atom. The molecule has 7 atom stereocenters. The highest BCUT2D eigenvalue weighted by molar-refractivity contribution is 5.84. The van der Waals surface area contributed by atoms with Crippen molar-refractivity contribution in [1.82, 2.24) is 0 Å². The van der Waals surface area contributed by atoms with Crippen molar-refractivity contribution >= 4 is 23.7 Å². The van der Waals surface area contributed by atoms with Crippen LogP contribution >= 0.6 is 0 Å². The van der Waals surface area contributed by atoms with Crippen molar-refractivity contribution in [3.8, 4) is 0 Å². The smallest absolute Gasteiger partial charge is 0.412 e. The van der Waals surface area contributed by atoms with Gasteiger partial charge < -0.3 is 28.8 Å². The standard InChI is InChI=1S/C36H39NO9/c1-42-35-32-31(30(29(23-38)43-35)46-36(41)37-28-19-9-4-10-20-28)44-33(39)26(21-24-13-5-2-6-14-24)17-11-12-18-27(34(40)45-32)22-25-15-7-3-8-16-25/h2-16,19-20,26-27,29-32,35,38H,17-18,21-23H2,1H3,(H,37,41)/t26-,27-,29-,30-,31+,32+,35+/m1/s1. The number of para-hydroxylation sites is 1. The van der Waals surface area contributed by atoms with Gasteiger partial charge >= 0.3 is 18.0 Å². The molecule has 5 rings (SSSR count). The summed E-state index contributed by atoms with van der Waals surface area (Å²) in [6.07, 6.45) is -1.94. The van der Waals surface area contributed by atoms with Gasteiger partial charge in [-0.15, -0.1) is 0 Å². The molecule has 0 saturated carbocycles. The zero-order valence-electron chi connectivity index (χ0n) is 25.6. The lowest BCUT2D eigenvalue weighted by Gasteiger charge is -2.44. The van der Waals surface area contributed by atoms with E-state index in [1.807, 2.05) is 72.8 Å². The molecule has 0 radical (unpaired) electrons. The second-order valence-corrected chi connectivity index (χ2v) is 11.3. The predicted octanol–water partition coefficient (Wildman–Crippen LogP) is 4.86. The molecule has 2 aliphatic rings. The number of methoxy groups -OCH3 is 1. The summed E-state index contributed by atoms with van der Waals surface area (Å²) in [6, 6.07) is 27.8. The van der Waals surface area contributed by atoms with E-state index in [-0.39, 0.29) is 0 Å². The number of fused-ring (bicyclic) bond motifs is 1. The van der Waals surface area contributed by atoms with Crippen molar-refractivity contribution in [3.63, 3.8) is 0 Å². The number of aliphatic hydroxyl groups is 1. The molecule has 0 bridgehead atoms. The van der Waals surface area contributed by atoms with Gasteiger partial charge in [0, 0.05) is 12.8 Å². The van der Waals surface area contributed by atoms with Crippen LogP contribution in [0.3, 0.4) is 0 Å². The summed E-state index contributed by atoms with van der Waals surface area (Å²) in [5, 5.41) is 12.9. The quantitative estimate of drug-likeness (QED) is 0.204. The summed E-state index contributed by atoms with van der Waals surface area (Å²) in [6.45, 7) is -0.593. The molecule has 10 heteroatoms. The van der Waals surface area contributed by atoms with E-state index in [0.717, 1.165) is 11.1 Å². The zero-order chi connectivity index (χ0) is 32.3. The molecule has 1 saturated heterocycles. The summed E-state index contributed by atoms with van der Waals surface area (Å²) in [5.74, 6) is -2.30. The number of nitrogens with one attached hydrogen (secondary N) is 1. The van der Waals surface area contributed by atoms with Gasteiger partial charge in [0.1, 0.15) is 6.10 Å². The number of amides is 1. The number of rotatable bonds is 8. The molecule has 1 fully saturated rings. The second kappa shape index (κ2) is 16.2. The van der Waals surface area contributed by atoms with E-state index >= 15 is 0 Å². The molecule has 10 nitrogen and oxygen atoms in total. The number of allylic oxidation sites excluding steroid dienone is 2. The van der Waals surface area contributed by atoms with E-state index in [1.54, 1.807) is 30.3 Å². The lowest BCUT2D eigenvalue weighted by atomic mass is 9.92. The highest BCUT2D eigenvalue weighted by Gasteiger charge is 2.53. The SMILES string of the molecule is CO[C@H]1O[C@H](CO)[C@@H](OC(=O)Nc2ccccc2)[C@@H]2OC(=O)[C@@H](Cc3ccccc3)CC=CC[C@H](Cc3ccccc3)C(=O)O[C@H]12. The Kier molecular flexibility index (Phi) is 11.6. The minimum Gasteiger partial charge on any atom is -0.454 e. The average Bonchev–Trinajstić information content (AvgIpc) is 3.07. The van der Waals surface area contributed by atoms with Crippen LogP contribution in [0.25, 0.3) is 0 Å². The Morgan fingerprint density at radius 2 is 1.28 bits per heavy atom. The highest BCUT2D eigenvalue weighted by atomic mass is 16.7. The molecule has 2 aliphatic heterocycles. The third-order valence-corrected chi connectivity index (χ3v) is 8.10. The van der Waals surface area contributed by atoms with Crippen molar-refractivity contribution < 1.29 is 43.2 Å². The topological polar surface area (TPSA) is 130 Å². The van der Waals surface area contributed by atoms with Gasteiger partial charge in [0.05, 0.1) is 18.4 Å². The summed E-state index contributed by atoms with van der Waals surface area (Å²) in [7, 11) is 1.35. The van der Waals surface area contributed by atoms with Crippen LogP contribution in [0.5, 0.6) is 0 Å². The molecule has 2 heterocycles. The molecule has 46 heavy (non-hydrogen) atoms. The van der Waals surface area contributed by atoms with Crippen molar-refractivity contribution in [3.05, 3.63) is 114 Å². The van der Waals surface area contributed by atoms with E-state index in [2.05, 4.69) is 5.32 Å². The summed E-state index contributed by atoms with van der Waals surface area (Å²) in [5.41, 5.74) is 2.37. The number of hydrogen-bond donors (Lipinski definition) is 2. The fourth-order valence-electron chi connectivity index (χ4n) is 5.71. The van der Waals surface area contributed by atoms with Gasteiger partial charge in [0.25, 0.3) is 0 Å². The fraction of sp³-hybridized carbons (Fsp3) is 0.361. The van der Waals surface area contributed by atoms with E-state index in [0.29, 0.717) is 31.4 Å². The van der Waals surface area contributed by atoms with Crippen LogP contribution in [0.1, 0.15) is 24.0 Å². The maximum atomic E-state index is 13.9. The minimum absolute atomic E-state index is 0.353. The maximum absolute atomic E-state index is 13.9. The van der Waals surface area contributed by atoms with Crippen molar-refractivity contribution in [2.45, 2.75) is 56.4 Å². The molecule has 242 valence electrons. The number of carbonyl (C=O) groups is 3. The highest BCUT2D eigenvalue weighted by Crippen LogP contribution is 2.32. The first kappa shape index (κ1) is 32.9. The van der Waals surface area contributed by atoms with Gasteiger partial charge in [-0.2, -0.15) is 0 Å². The van der Waals surface area contributed by atoms with E-state index in [1.165, 1.54) is 7.11 Å². The van der Waals surface area contributed by atoms with Crippen LogP contribution < -0.4 is 5.32 Å². The lowest BCUT2D eigenvalue weighted by molar-refractivity contribution is -0.300. The lowest BCUT2D eigenvalue weighted by Crippen LogP contribution is -2.63. The number of ether oxygens (including phenoxy) is 5. The van der Waals surface area contributed by atoms with Crippen LogP contribution in [0.2, 0.25) is 0 Å². The summed E-state index contributed by atoms with van der Waals surface area (Å²) >= 11 is 0. The average molecular weight is 630 g/mol. The van der Waals surface area contributed by atoms with Gasteiger partial charge in [-0.05, 0) is 48.9 Å². The Morgan fingerprint density at radius 1 is 0.783 bits per heavy atom. The van der Waals surface area contributed by atoms with Crippen LogP contribution in [-0.4, -0.2) is 67.6 Å². The first-order valence-corrected chi connectivity index (χ1v) is 15.4. The third-order valence-electron chi connectivity index (χ3n) is 8.10. The van der Waals surface area contributed by atoms with E-state index < -0.39 is 67.2 Å². The normalized spacial score (nSPS) is 26.8. The Bertz CT molecular complexity index is 1450. The van der Waals surface area contributed by atoms with Gasteiger partial charge in [0.15, 0.2) is 24.6 Å². The summed E-state index contributed by atoms with van der Waals surface area (Å²) < 4.78 is 29.4. The number of anilines is 1.